The van der Waals surface area contributed by atoms with Gasteiger partial charge in [0, 0.05) is 29.5 Å². The van der Waals surface area contributed by atoms with Crippen LogP contribution in [0.15, 0.2) is 55.0 Å². The topological polar surface area (TPSA) is 28.7 Å². The van der Waals surface area contributed by atoms with Crippen LogP contribution in [-0.2, 0) is 6.42 Å². The van der Waals surface area contributed by atoms with Gasteiger partial charge in [-0.1, -0.05) is 30.3 Å². The molecular weight excluding hydrogens is 196 g/mol. The van der Waals surface area contributed by atoms with Gasteiger partial charge in [0.1, 0.15) is 0 Å². The molecule has 0 aliphatic rings. The summed E-state index contributed by atoms with van der Waals surface area (Å²) in [6, 6.07) is 12.5. The van der Waals surface area contributed by atoms with E-state index < -0.39 is 0 Å². The Morgan fingerprint density at radius 2 is 1.94 bits per heavy atom. The standard InChI is InChI=1S/C14H12N2/c1-2-4-11(5-3-1)8-12-9-16-14-6-7-15-10-13(12)14/h1-7,9-10,16H,8H2. The van der Waals surface area contributed by atoms with Crippen LogP contribution in [0.4, 0.5) is 0 Å². The SMILES string of the molecule is c1ccc(Cc2c[nH]c3ccncc23)cc1. The van der Waals surface area contributed by atoms with Crippen molar-refractivity contribution in [3.8, 4) is 0 Å². The number of rotatable bonds is 2. The van der Waals surface area contributed by atoms with Gasteiger partial charge in [-0.2, -0.15) is 0 Å². The van der Waals surface area contributed by atoms with E-state index in [-0.39, 0.29) is 0 Å². The molecule has 2 nitrogen and oxygen atoms in total. The number of H-pyrrole nitrogens is 1. The summed E-state index contributed by atoms with van der Waals surface area (Å²) in [4.78, 5) is 7.44. The van der Waals surface area contributed by atoms with E-state index in [9.17, 15) is 0 Å². The van der Waals surface area contributed by atoms with Gasteiger partial charge in [-0.05, 0) is 23.6 Å². The van der Waals surface area contributed by atoms with Crippen molar-refractivity contribution in [1.29, 1.82) is 0 Å². The summed E-state index contributed by atoms with van der Waals surface area (Å²) in [6.07, 6.45) is 6.75. The summed E-state index contributed by atoms with van der Waals surface area (Å²) >= 11 is 0. The molecule has 0 saturated carbocycles. The molecule has 2 heteroatoms. The normalized spacial score (nSPS) is 10.8. The van der Waals surface area contributed by atoms with E-state index in [1.165, 1.54) is 16.5 Å². The van der Waals surface area contributed by atoms with Gasteiger partial charge < -0.3 is 4.98 Å². The Kier molecular flexibility index (Phi) is 2.18. The van der Waals surface area contributed by atoms with Gasteiger partial charge >= 0.3 is 0 Å². The summed E-state index contributed by atoms with van der Waals surface area (Å²) in [5.74, 6) is 0. The van der Waals surface area contributed by atoms with E-state index in [1.807, 2.05) is 24.5 Å². The van der Waals surface area contributed by atoms with Crippen molar-refractivity contribution in [2.45, 2.75) is 6.42 Å². The quantitative estimate of drug-likeness (QED) is 0.688. The Labute approximate surface area is 94.0 Å². The average molecular weight is 208 g/mol. The van der Waals surface area contributed by atoms with Gasteiger partial charge in [0.25, 0.3) is 0 Å². The highest BCUT2D eigenvalue weighted by atomic mass is 14.7. The molecule has 3 aromatic rings. The van der Waals surface area contributed by atoms with Gasteiger partial charge in [0.2, 0.25) is 0 Å². The van der Waals surface area contributed by atoms with Crippen molar-refractivity contribution in [3.05, 3.63) is 66.1 Å². The third kappa shape index (κ3) is 1.58. The van der Waals surface area contributed by atoms with Gasteiger partial charge in [-0.3, -0.25) is 4.98 Å². The second kappa shape index (κ2) is 3.81. The zero-order valence-electron chi connectivity index (χ0n) is 8.85. The highest BCUT2D eigenvalue weighted by Gasteiger charge is 2.03. The molecule has 2 aromatic heterocycles. The third-order valence-electron chi connectivity index (χ3n) is 2.81. The lowest BCUT2D eigenvalue weighted by molar-refractivity contribution is 1.20. The Morgan fingerprint density at radius 1 is 1.06 bits per heavy atom. The lowest BCUT2D eigenvalue weighted by Crippen LogP contribution is -1.85. The fourth-order valence-corrected chi connectivity index (χ4v) is 1.98. The number of fused-ring (bicyclic) bond motifs is 1. The molecular formula is C14H12N2. The van der Waals surface area contributed by atoms with Crippen LogP contribution in [0.5, 0.6) is 0 Å². The van der Waals surface area contributed by atoms with Crippen molar-refractivity contribution in [1.82, 2.24) is 9.97 Å². The minimum Gasteiger partial charge on any atom is -0.361 e. The molecule has 1 N–H and O–H groups in total. The monoisotopic (exact) mass is 208 g/mol. The fourth-order valence-electron chi connectivity index (χ4n) is 1.98. The first kappa shape index (κ1) is 9.16. The predicted octanol–water partition coefficient (Wildman–Crippen LogP) is 3.15. The van der Waals surface area contributed by atoms with Crippen molar-refractivity contribution in [3.63, 3.8) is 0 Å². The molecule has 0 bridgehead atoms. The molecule has 0 atom stereocenters. The largest absolute Gasteiger partial charge is 0.361 e. The lowest BCUT2D eigenvalue weighted by atomic mass is 10.1. The molecule has 0 aliphatic carbocycles. The van der Waals surface area contributed by atoms with Crippen molar-refractivity contribution in [2.75, 3.05) is 0 Å². The Hall–Kier alpha value is -2.09. The van der Waals surface area contributed by atoms with E-state index >= 15 is 0 Å². The van der Waals surface area contributed by atoms with Gasteiger partial charge in [0.05, 0.1) is 0 Å². The summed E-state index contributed by atoms with van der Waals surface area (Å²) in [7, 11) is 0. The number of pyridine rings is 1. The summed E-state index contributed by atoms with van der Waals surface area (Å²) in [6.45, 7) is 0. The lowest BCUT2D eigenvalue weighted by Gasteiger charge is -1.99. The van der Waals surface area contributed by atoms with E-state index in [0.29, 0.717) is 0 Å². The van der Waals surface area contributed by atoms with Crippen LogP contribution in [0, 0.1) is 0 Å². The van der Waals surface area contributed by atoms with Crippen LogP contribution in [-0.4, -0.2) is 9.97 Å². The molecule has 78 valence electrons. The van der Waals surface area contributed by atoms with Crippen molar-refractivity contribution >= 4 is 10.9 Å². The molecule has 1 aromatic carbocycles. The number of nitrogens with zero attached hydrogens (tertiary/aromatic N) is 1. The first-order valence-electron chi connectivity index (χ1n) is 5.37. The Bertz CT molecular complexity index is 596. The Morgan fingerprint density at radius 3 is 2.81 bits per heavy atom. The minimum atomic E-state index is 0.951. The highest BCUT2D eigenvalue weighted by Crippen LogP contribution is 2.19. The Balaban J connectivity index is 2.01. The van der Waals surface area contributed by atoms with Crippen LogP contribution in [0.25, 0.3) is 10.9 Å². The second-order valence-corrected chi connectivity index (χ2v) is 3.90. The molecule has 0 saturated heterocycles. The number of aromatic amines is 1. The van der Waals surface area contributed by atoms with Crippen molar-refractivity contribution in [2.24, 2.45) is 0 Å². The molecule has 0 spiro atoms. The smallest absolute Gasteiger partial charge is 0.0487 e. The maximum absolute atomic E-state index is 4.17. The van der Waals surface area contributed by atoms with Gasteiger partial charge in [-0.25, -0.2) is 0 Å². The fraction of sp³-hybridized carbons (Fsp3) is 0.0714. The number of benzene rings is 1. The summed E-state index contributed by atoms with van der Waals surface area (Å²) in [5, 5.41) is 1.21. The molecule has 16 heavy (non-hydrogen) atoms. The molecule has 0 amide bonds. The van der Waals surface area contributed by atoms with Crippen LogP contribution in [0.3, 0.4) is 0 Å². The second-order valence-electron chi connectivity index (χ2n) is 3.90. The highest BCUT2D eigenvalue weighted by molar-refractivity contribution is 5.82. The van der Waals surface area contributed by atoms with Crippen LogP contribution >= 0.6 is 0 Å². The zero-order valence-corrected chi connectivity index (χ0v) is 8.85. The van der Waals surface area contributed by atoms with E-state index in [4.69, 9.17) is 0 Å². The number of aromatic nitrogens is 2. The average Bonchev–Trinajstić information content (AvgIpc) is 2.74. The van der Waals surface area contributed by atoms with E-state index in [2.05, 4.69) is 40.4 Å². The zero-order chi connectivity index (χ0) is 10.8. The molecule has 3 rings (SSSR count). The minimum absolute atomic E-state index is 0.951. The molecule has 2 heterocycles. The number of hydrogen-bond acceptors (Lipinski definition) is 1. The number of hydrogen-bond donors (Lipinski definition) is 1. The first-order chi connectivity index (χ1) is 7.93. The maximum atomic E-state index is 4.17. The molecule has 0 radical (unpaired) electrons. The van der Waals surface area contributed by atoms with Crippen molar-refractivity contribution < 1.29 is 0 Å². The molecule has 0 fully saturated rings. The predicted molar refractivity (Wildman–Crippen MR) is 65.3 cm³/mol. The number of nitrogens with one attached hydrogen (secondary N) is 1. The summed E-state index contributed by atoms with van der Waals surface area (Å²) < 4.78 is 0. The third-order valence-corrected chi connectivity index (χ3v) is 2.81. The van der Waals surface area contributed by atoms with E-state index in [0.717, 1.165) is 11.9 Å². The van der Waals surface area contributed by atoms with Gasteiger partial charge in [-0.15, -0.1) is 0 Å². The van der Waals surface area contributed by atoms with Crippen LogP contribution in [0.2, 0.25) is 0 Å². The van der Waals surface area contributed by atoms with Crippen LogP contribution in [0.1, 0.15) is 11.1 Å². The maximum Gasteiger partial charge on any atom is 0.0487 e. The van der Waals surface area contributed by atoms with Crippen LogP contribution < -0.4 is 0 Å². The summed E-state index contributed by atoms with van der Waals surface area (Å²) in [5.41, 5.74) is 3.78. The first-order valence-corrected chi connectivity index (χ1v) is 5.37. The van der Waals surface area contributed by atoms with E-state index in [1.54, 1.807) is 0 Å². The molecule has 0 aliphatic heterocycles. The van der Waals surface area contributed by atoms with Gasteiger partial charge in [0.15, 0.2) is 0 Å². The molecule has 0 unspecified atom stereocenters.